The second kappa shape index (κ2) is 7.13. The standard InChI is InChI=1S/C19H18F2N6O/c20-11-6-13-14(9-24-16(13)23-8-11)17-25-10-15(21)18(27-17)26-12-2-1-3-19(28,7-12)4-5-22/h6,8-10,12,28H,1-4,7H2,(H,23,24)(H,25,26,27)/t12-,19+/m0/s1. The first kappa shape index (κ1) is 18.3. The largest absolute Gasteiger partial charge is 0.389 e. The van der Waals surface area contributed by atoms with Gasteiger partial charge in [0.05, 0.1) is 30.5 Å². The van der Waals surface area contributed by atoms with Gasteiger partial charge in [0.1, 0.15) is 11.5 Å². The number of hydrogen-bond donors (Lipinski definition) is 3. The minimum Gasteiger partial charge on any atom is -0.389 e. The summed E-state index contributed by atoms with van der Waals surface area (Å²) in [6, 6.07) is 3.11. The predicted octanol–water partition coefficient (Wildman–Crippen LogP) is 3.30. The molecule has 0 radical (unpaired) electrons. The Hall–Kier alpha value is -3.12. The maximum absolute atomic E-state index is 14.3. The van der Waals surface area contributed by atoms with Crippen LogP contribution in [-0.4, -0.2) is 36.7 Å². The Balaban J connectivity index is 1.62. The first-order chi connectivity index (χ1) is 13.5. The Morgan fingerprint density at radius 1 is 1.36 bits per heavy atom. The van der Waals surface area contributed by atoms with Gasteiger partial charge >= 0.3 is 0 Å². The lowest BCUT2D eigenvalue weighted by Crippen LogP contribution is -2.40. The van der Waals surface area contributed by atoms with E-state index in [0.717, 1.165) is 25.2 Å². The van der Waals surface area contributed by atoms with Crippen LogP contribution < -0.4 is 5.32 Å². The first-order valence-corrected chi connectivity index (χ1v) is 8.99. The third-order valence-corrected chi connectivity index (χ3v) is 5.05. The number of fused-ring (bicyclic) bond motifs is 1. The number of nitriles is 1. The van der Waals surface area contributed by atoms with Crippen LogP contribution in [0.15, 0.2) is 24.7 Å². The van der Waals surface area contributed by atoms with Crippen molar-refractivity contribution in [2.75, 3.05) is 5.32 Å². The van der Waals surface area contributed by atoms with Crippen molar-refractivity contribution < 1.29 is 13.9 Å². The van der Waals surface area contributed by atoms with E-state index in [9.17, 15) is 13.9 Å². The van der Waals surface area contributed by atoms with E-state index in [1.54, 1.807) is 6.20 Å². The molecule has 3 aromatic rings. The van der Waals surface area contributed by atoms with Crippen LogP contribution in [0.5, 0.6) is 0 Å². The maximum Gasteiger partial charge on any atom is 0.183 e. The molecule has 0 amide bonds. The highest BCUT2D eigenvalue weighted by Crippen LogP contribution is 2.33. The van der Waals surface area contributed by atoms with Gasteiger partial charge in [0.25, 0.3) is 0 Å². The van der Waals surface area contributed by atoms with E-state index in [2.05, 4.69) is 25.3 Å². The summed E-state index contributed by atoms with van der Waals surface area (Å²) in [7, 11) is 0. The number of nitrogens with zero attached hydrogens (tertiary/aromatic N) is 4. The van der Waals surface area contributed by atoms with Crippen LogP contribution in [-0.2, 0) is 0 Å². The molecule has 4 rings (SSSR count). The molecule has 0 spiro atoms. The zero-order valence-corrected chi connectivity index (χ0v) is 14.9. The average molecular weight is 384 g/mol. The van der Waals surface area contributed by atoms with Crippen molar-refractivity contribution >= 4 is 16.9 Å². The fraction of sp³-hybridized carbons (Fsp3) is 0.368. The third kappa shape index (κ3) is 3.51. The molecule has 144 valence electrons. The zero-order valence-electron chi connectivity index (χ0n) is 14.9. The number of pyridine rings is 1. The molecule has 1 aliphatic rings. The Morgan fingerprint density at radius 3 is 3.04 bits per heavy atom. The first-order valence-electron chi connectivity index (χ1n) is 8.99. The molecule has 3 N–H and O–H groups in total. The fourth-order valence-electron chi connectivity index (χ4n) is 3.73. The number of aromatic nitrogens is 4. The molecule has 28 heavy (non-hydrogen) atoms. The van der Waals surface area contributed by atoms with E-state index in [4.69, 9.17) is 5.26 Å². The quantitative estimate of drug-likeness (QED) is 0.637. The SMILES string of the molecule is N#CC[C@]1(O)CCC[C@H](Nc2nc(-c3c[nH]c4ncc(F)cc34)ncc2F)C1. The molecule has 1 fully saturated rings. The molecule has 0 bridgehead atoms. The molecule has 3 aromatic heterocycles. The van der Waals surface area contributed by atoms with Crippen molar-refractivity contribution in [3.63, 3.8) is 0 Å². The van der Waals surface area contributed by atoms with Gasteiger partial charge in [0, 0.05) is 23.2 Å². The van der Waals surface area contributed by atoms with Gasteiger partial charge < -0.3 is 15.4 Å². The fourth-order valence-corrected chi connectivity index (χ4v) is 3.73. The van der Waals surface area contributed by atoms with Crippen molar-refractivity contribution in [3.05, 3.63) is 36.3 Å². The van der Waals surface area contributed by atoms with Crippen LogP contribution in [0.2, 0.25) is 0 Å². The minimum absolute atomic E-state index is 0.00919. The number of anilines is 1. The molecule has 1 saturated carbocycles. The van der Waals surface area contributed by atoms with Crippen LogP contribution in [0.3, 0.4) is 0 Å². The van der Waals surface area contributed by atoms with E-state index in [1.165, 1.54) is 6.07 Å². The molecule has 0 aliphatic heterocycles. The Bertz CT molecular complexity index is 1060. The van der Waals surface area contributed by atoms with E-state index in [0.29, 0.717) is 29.4 Å². The molecule has 7 nitrogen and oxygen atoms in total. The molecule has 9 heteroatoms. The van der Waals surface area contributed by atoms with E-state index < -0.39 is 17.2 Å². The summed E-state index contributed by atoms with van der Waals surface area (Å²) in [6.07, 6.45) is 6.13. The summed E-state index contributed by atoms with van der Waals surface area (Å²) in [5.74, 6) is -0.879. The number of halogens is 2. The Kier molecular flexibility index (Phi) is 4.65. The minimum atomic E-state index is -1.07. The van der Waals surface area contributed by atoms with Gasteiger partial charge in [-0.25, -0.2) is 23.7 Å². The van der Waals surface area contributed by atoms with Crippen molar-refractivity contribution in [3.8, 4) is 17.5 Å². The molecule has 0 aromatic carbocycles. The number of rotatable bonds is 4. The van der Waals surface area contributed by atoms with Crippen molar-refractivity contribution in [2.45, 2.75) is 43.7 Å². The van der Waals surface area contributed by atoms with Crippen molar-refractivity contribution in [2.24, 2.45) is 0 Å². The van der Waals surface area contributed by atoms with Gasteiger partial charge in [-0.3, -0.25) is 0 Å². The molecule has 0 saturated heterocycles. The molecule has 2 atom stereocenters. The van der Waals surface area contributed by atoms with E-state index >= 15 is 0 Å². The summed E-state index contributed by atoms with van der Waals surface area (Å²) in [5.41, 5.74) is -0.0841. The summed E-state index contributed by atoms with van der Waals surface area (Å²) < 4.78 is 27.9. The highest BCUT2D eigenvalue weighted by Gasteiger charge is 2.34. The monoisotopic (exact) mass is 384 g/mol. The molecule has 1 aliphatic carbocycles. The second-order valence-corrected chi connectivity index (χ2v) is 7.14. The van der Waals surface area contributed by atoms with E-state index in [1.807, 2.05) is 6.07 Å². The highest BCUT2D eigenvalue weighted by atomic mass is 19.1. The van der Waals surface area contributed by atoms with Crippen LogP contribution in [0.1, 0.15) is 32.1 Å². The number of aliphatic hydroxyl groups is 1. The van der Waals surface area contributed by atoms with Gasteiger partial charge in [-0.05, 0) is 31.7 Å². The van der Waals surface area contributed by atoms with Crippen LogP contribution in [0.4, 0.5) is 14.6 Å². The van der Waals surface area contributed by atoms with Crippen molar-refractivity contribution in [1.29, 1.82) is 5.26 Å². The van der Waals surface area contributed by atoms with Gasteiger partial charge in [-0.2, -0.15) is 5.26 Å². The van der Waals surface area contributed by atoms with Gasteiger partial charge in [-0.1, -0.05) is 0 Å². The van der Waals surface area contributed by atoms with Gasteiger partial charge in [0.15, 0.2) is 17.5 Å². The summed E-state index contributed by atoms with van der Waals surface area (Å²) in [5, 5.41) is 22.9. The third-order valence-electron chi connectivity index (χ3n) is 5.05. The molecular formula is C19H18F2N6O. The second-order valence-electron chi connectivity index (χ2n) is 7.14. The normalized spacial score (nSPS) is 22.1. The number of H-pyrrole nitrogens is 1. The molecule has 0 unspecified atom stereocenters. The lowest BCUT2D eigenvalue weighted by Gasteiger charge is -2.35. The molecule has 3 heterocycles. The Labute approximate surface area is 159 Å². The van der Waals surface area contributed by atoms with Crippen LogP contribution >= 0.6 is 0 Å². The number of aromatic amines is 1. The highest BCUT2D eigenvalue weighted by molar-refractivity contribution is 5.91. The van der Waals surface area contributed by atoms with Gasteiger partial charge in [0.2, 0.25) is 0 Å². The van der Waals surface area contributed by atoms with Gasteiger partial charge in [-0.15, -0.1) is 0 Å². The van der Waals surface area contributed by atoms with Crippen molar-refractivity contribution in [1.82, 2.24) is 19.9 Å². The zero-order chi connectivity index (χ0) is 19.7. The number of hydrogen-bond acceptors (Lipinski definition) is 6. The average Bonchev–Trinajstić information content (AvgIpc) is 3.06. The topological polar surface area (TPSA) is 111 Å². The van der Waals surface area contributed by atoms with E-state index in [-0.39, 0.29) is 24.1 Å². The lowest BCUT2D eigenvalue weighted by atomic mass is 9.80. The smallest absolute Gasteiger partial charge is 0.183 e. The Morgan fingerprint density at radius 2 is 2.21 bits per heavy atom. The predicted molar refractivity (Wildman–Crippen MR) is 98.1 cm³/mol. The summed E-state index contributed by atoms with van der Waals surface area (Å²) in [4.78, 5) is 15.2. The number of nitrogens with one attached hydrogen (secondary N) is 2. The molecular weight excluding hydrogens is 366 g/mol. The summed E-state index contributed by atoms with van der Waals surface area (Å²) in [6.45, 7) is 0. The summed E-state index contributed by atoms with van der Waals surface area (Å²) >= 11 is 0. The van der Waals surface area contributed by atoms with Crippen LogP contribution in [0.25, 0.3) is 22.4 Å². The lowest BCUT2D eigenvalue weighted by molar-refractivity contribution is 0.00444. The van der Waals surface area contributed by atoms with Crippen LogP contribution in [0, 0.1) is 23.0 Å². The maximum atomic E-state index is 14.3.